The number of hydrogen-bond acceptors (Lipinski definition) is 3. The second-order valence-electron chi connectivity index (χ2n) is 3.77. The first-order valence-electron chi connectivity index (χ1n) is 5.00. The molecule has 0 aliphatic carbocycles. The fourth-order valence-electron chi connectivity index (χ4n) is 1.40. The van der Waals surface area contributed by atoms with Gasteiger partial charge < -0.3 is 9.84 Å². The molecule has 0 amide bonds. The van der Waals surface area contributed by atoms with Gasteiger partial charge in [0.1, 0.15) is 6.04 Å². The molecule has 0 saturated heterocycles. The quantitative estimate of drug-likeness (QED) is 0.650. The zero-order chi connectivity index (χ0) is 11.1. The number of hydrogen-bond donors (Lipinski definition) is 2. The highest BCUT2D eigenvalue weighted by atomic mass is 16.5. The second-order valence-corrected chi connectivity index (χ2v) is 3.77. The third-order valence-electron chi connectivity index (χ3n) is 2.29. The molecule has 0 aromatic carbocycles. The molecule has 0 aromatic rings. The Labute approximate surface area is 85.6 Å². The van der Waals surface area contributed by atoms with Crippen LogP contribution >= 0.6 is 0 Å². The largest absolute Gasteiger partial charge is 0.480 e. The molecule has 2 atom stereocenters. The molecular weight excluding hydrogens is 182 g/mol. The molecule has 4 nitrogen and oxygen atoms in total. The summed E-state index contributed by atoms with van der Waals surface area (Å²) in [6.07, 6.45) is 0.922. The van der Waals surface area contributed by atoms with Crippen molar-refractivity contribution >= 4 is 5.97 Å². The summed E-state index contributed by atoms with van der Waals surface area (Å²) in [4.78, 5) is 10.8. The predicted octanol–water partition coefficient (Wildman–Crippen LogP) is 1.11. The van der Waals surface area contributed by atoms with E-state index in [9.17, 15) is 4.79 Å². The van der Waals surface area contributed by atoms with E-state index in [4.69, 9.17) is 9.84 Å². The first kappa shape index (κ1) is 13.4. The van der Waals surface area contributed by atoms with Crippen molar-refractivity contribution in [2.75, 3.05) is 13.7 Å². The number of carboxylic acid groups (broad SMARTS) is 1. The molecule has 0 aromatic heterocycles. The Kier molecular flexibility index (Phi) is 6.49. The van der Waals surface area contributed by atoms with Crippen LogP contribution in [-0.4, -0.2) is 36.9 Å². The van der Waals surface area contributed by atoms with E-state index in [1.807, 2.05) is 6.92 Å². The number of aliphatic carboxylic acids is 1. The van der Waals surface area contributed by atoms with Crippen LogP contribution in [0.1, 0.15) is 27.2 Å². The smallest absolute Gasteiger partial charge is 0.323 e. The molecule has 0 heterocycles. The number of ether oxygens (including phenoxy) is 1. The molecule has 84 valence electrons. The van der Waals surface area contributed by atoms with Crippen molar-refractivity contribution < 1.29 is 14.6 Å². The summed E-state index contributed by atoms with van der Waals surface area (Å²) in [5.74, 6) is -0.426. The van der Waals surface area contributed by atoms with Gasteiger partial charge in [-0.25, -0.2) is 0 Å². The van der Waals surface area contributed by atoms with Crippen molar-refractivity contribution in [3.63, 3.8) is 0 Å². The lowest BCUT2D eigenvalue weighted by Gasteiger charge is -2.24. The average molecular weight is 203 g/mol. The van der Waals surface area contributed by atoms with Gasteiger partial charge >= 0.3 is 5.97 Å². The van der Waals surface area contributed by atoms with Gasteiger partial charge in [-0.15, -0.1) is 0 Å². The Morgan fingerprint density at radius 3 is 2.36 bits per heavy atom. The third-order valence-corrected chi connectivity index (χ3v) is 2.29. The topological polar surface area (TPSA) is 58.6 Å². The van der Waals surface area contributed by atoms with Gasteiger partial charge in [-0.2, -0.15) is 0 Å². The Hall–Kier alpha value is -0.610. The van der Waals surface area contributed by atoms with E-state index < -0.39 is 12.0 Å². The molecule has 14 heavy (non-hydrogen) atoms. The van der Waals surface area contributed by atoms with Gasteiger partial charge in [-0.3, -0.25) is 10.1 Å². The highest BCUT2D eigenvalue weighted by Crippen LogP contribution is 2.06. The molecule has 0 rings (SSSR count). The lowest BCUT2D eigenvalue weighted by molar-refractivity contribution is -0.141. The highest BCUT2D eigenvalue weighted by molar-refractivity contribution is 5.73. The summed E-state index contributed by atoms with van der Waals surface area (Å²) in [7, 11) is 1.51. The summed E-state index contributed by atoms with van der Waals surface area (Å²) in [5.41, 5.74) is 0. The molecule has 0 fully saturated rings. The van der Waals surface area contributed by atoms with Crippen LogP contribution in [0.3, 0.4) is 0 Å². The summed E-state index contributed by atoms with van der Waals surface area (Å²) in [6, 6.07) is -0.376. The van der Waals surface area contributed by atoms with Crippen molar-refractivity contribution in [2.45, 2.75) is 39.3 Å². The molecule has 0 bridgehead atoms. The van der Waals surface area contributed by atoms with Crippen LogP contribution in [0.15, 0.2) is 0 Å². The van der Waals surface area contributed by atoms with E-state index in [0.717, 1.165) is 6.42 Å². The SMILES string of the molecule is CCC(NC(COC)C(=O)O)C(C)C. The zero-order valence-electron chi connectivity index (χ0n) is 9.41. The van der Waals surface area contributed by atoms with Gasteiger partial charge in [0.2, 0.25) is 0 Å². The summed E-state index contributed by atoms with van der Waals surface area (Å²) >= 11 is 0. The van der Waals surface area contributed by atoms with Crippen molar-refractivity contribution in [1.29, 1.82) is 0 Å². The average Bonchev–Trinajstić information content (AvgIpc) is 2.11. The lowest BCUT2D eigenvalue weighted by atomic mass is 10.0. The van der Waals surface area contributed by atoms with E-state index in [1.54, 1.807) is 0 Å². The monoisotopic (exact) mass is 203 g/mol. The molecular formula is C10H21NO3. The van der Waals surface area contributed by atoms with Crippen LogP contribution in [0.2, 0.25) is 0 Å². The second kappa shape index (κ2) is 6.79. The van der Waals surface area contributed by atoms with E-state index in [1.165, 1.54) is 7.11 Å². The van der Waals surface area contributed by atoms with Gasteiger partial charge in [0.15, 0.2) is 0 Å². The third kappa shape index (κ3) is 4.58. The van der Waals surface area contributed by atoms with Crippen LogP contribution in [-0.2, 0) is 9.53 Å². The van der Waals surface area contributed by atoms with Crippen LogP contribution in [0, 0.1) is 5.92 Å². The Morgan fingerprint density at radius 1 is 1.50 bits per heavy atom. The van der Waals surface area contributed by atoms with Gasteiger partial charge in [-0.05, 0) is 12.3 Å². The fraction of sp³-hybridized carbons (Fsp3) is 0.900. The van der Waals surface area contributed by atoms with E-state index >= 15 is 0 Å². The van der Waals surface area contributed by atoms with Crippen LogP contribution < -0.4 is 5.32 Å². The van der Waals surface area contributed by atoms with E-state index in [0.29, 0.717) is 5.92 Å². The van der Waals surface area contributed by atoms with Crippen molar-refractivity contribution in [3.8, 4) is 0 Å². The van der Waals surface area contributed by atoms with Crippen molar-refractivity contribution in [2.24, 2.45) is 5.92 Å². The summed E-state index contributed by atoms with van der Waals surface area (Å²) < 4.78 is 4.85. The molecule has 0 aliphatic heterocycles. The molecule has 0 saturated carbocycles. The maximum atomic E-state index is 10.8. The number of nitrogens with one attached hydrogen (secondary N) is 1. The van der Waals surface area contributed by atoms with E-state index in [-0.39, 0.29) is 12.6 Å². The van der Waals surface area contributed by atoms with Gasteiger partial charge in [0, 0.05) is 13.2 Å². The van der Waals surface area contributed by atoms with Crippen LogP contribution in [0.5, 0.6) is 0 Å². The van der Waals surface area contributed by atoms with Crippen LogP contribution in [0.4, 0.5) is 0 Å². The molecule has 0 spiro atoms. The maximum absolute atomic E-state index is 10.8. The minimum absolute atomic E-state index is 0.207. The van der Waals surface area contributed by atoms with Crippen molar-refractivity contribution in [1.82, 2.24) is 5.32 Å². The zero-order valence-corrected chi connectivity index (χ0v) is 9.41. The molecule has 4 heteroatoms. The summed E-state index contributed by atoms with van der Waals surface area (Å²) in [6.45, 7) is 6.40. The first-order chi connectivity index (χ1) is 6.52. The number of rotatable bonds is 7. The van der Waals surface area contributed by atoms with Crippen molar-refractivity contribution in [3.05, 3.63) is 0 Å². The minimum atomic E-state index is -0.856. The van der Waals surface area contributed by atoms with Gasteiger partial charge in [0.25, 0.3) is 0 Å². The Balaban J connectivity index is 4.18. The van der Waals surface area contributed by atoms with Crippen LogP contribution in [0.25, 0.3) is 0 Å². The molecule has 2 unspecified atom stereocenters. The highest BCUT2D eigenvalue weighted by Gasteiger charge is 2.21. The fourth-order valence-corrected chi connectivity index (χ4v) is 1.40. The minimum Gasteiger partial charge on any atom is -0.480 e. The first-order valence-corrected chi connectivity index (χ1v) is 5.00. The van der Waals surface area contributed by atoms with E-state index in [2.05, 4.69) is 19.2 Å². The normalized spacial score (nSPS) is 15.5. The molecule has 2 N–H and O–H groups in total. The molecule has 0 radical (unpaired) electrons. The molecule has 0 aliphatic rings. The number of carbonyl (C=O) groups is 1. The van der Waals surface area contributed by atoms with Gasteiger partial charge in [-0.1, -0.05) is 20.8 Å². The lowest BCUT2D eigenvalue weighted by Crippen LogP contribution is -2.47. The maximum Gasteiger partial charge on any atom is 0.323 e. The van der Waals surface area contributed by atoms with Gasteiger partial charge in [0.05, 0.1) is 6.61 Å². The standard InChI is InChI=1S/C10H21NO3/c1-5-8(7(2)3)11-9(6-14-4)10(12)13/h7-9,11H,5-6H2,1-4H3,(H,12,13). The Bertz CT molecular complexity index is 171. The summed E-state index contributed by atoms with van der Waals surface area (Å²) in [5, 5.41) is 12.0. The Morgan fingerprint density at radius 2 is 2.07 bits per heavy atom. The number of carboxylic acids is 1. The number of methoxy groups -OCH3 is 1. The predicted molar refractivity (Wildman–Crippen MR) is 55.4 cm³/mol.